The van der Waals surface area contributed by atoms with Crippen molar-refractivity contribution in [2.45, 2.75) is 10.3 Å². The molecular formula is C9H10N2O5S2. The average molecular weight is 290 g/mol. The van der Waals surface area contributed by atoms with Crippen molar-refractivity contribution in [1.82, 2.24) is 9.62 Å². The molecule has 2 N–H and O–H groups in total. The number of thiophene rings is 1. The molecule has 1 unspecified atom stereocenters. The zero-order valence-corrected chi connectivity index (χ0v) is 10.7. The van der Waals surface area contributed by atoms with Crippen LogP contribution in [0.1, 0.15) is 0 Å². The van der Waals surface area contributed by atoms with Gasteiger partial charge >= 0.3 is 5.97 Å². The molecule has 1 aliphatic heterocycles. The molecule has 1 amide bonds. The van der Waals surface area contributed by atoms with Gasteiger partial charge in [-0.1, -0.05) is 6.07 Å². The first-order valence-corrected chi connectivity index (χ1v) is 7.30. The number of nitrogens with one attached hydrogen (secondary N) is 1. The Hall–Kier alpha value is -1.45. The van der Waals surface area contributed by atoms with Crippen molar-refractivity contribution in [1.29, 1.82) is 0 Å². The summed E-state index contributed by atoms with van der Waals surface area (Å²) in [5.74, 6) is -1.79. The first-order chi connectivity index (χ1) is 8.43. The largest absolute Gasteiger partial charge is 0.480 e. The predicted molar refractivity (Wildman–Crippen MR) is 62.6 cm³/mol. The minimum atomic E-state index is -3.94. The van der Waals surface area contributed by atoms with Gasteiger partial charge in [-0.3, -0.25) is 9.59 Å². The highest BCUT2D eigenvalue weighted by Gasteiger charge is 2.40. The Morgan fingerprint density at radius 3 is 2.83 bits per heavy atom. The van der Waals surface area contributed by atoms with Crippen LogP contribution in [0.5, 0.6) is 0 Å². The molecular weight excluding hydrogens is 280 g/mol. The van der Waals surface area contributed by atoms with E-state index in [2.05, 4.69) is 5.32 Å². The molecule has 0 aromatic carbocycles. The Bertz CT molecular complexity index is 566. The Morgan fingerprint density at radius 2 is 2.28 bits per heavy atom. The van der Waals surface area contributed by atoms with Crippen molar-refractivity contribution < 1.29 is 23.1 Å². The topological polar surface area (TPSA) is 104 Å². The second-order valence-electron chi connectivity index (χ2n) is 3.64. The SMILES string of the molecule is O=C1CN(S(=O)(=O)c2cccs2)C(C(=O)O)CN1. The van der Waals surface area contributed by atoms with E-state index in [9.17, 15) is 18.0 Å². The highest BCUT2D eigenvalue weighted by Crippen LogP contribution is 2.23. The number of hydrogen-bond acceptors (Lipinski definition) is 5. The summed E-state index contributed by atoms with van der Waals surface area (Å²) < 4.78 is 25.2. The van der Waals surface area contributed by atoms with Crippen LogP contribution in [0.25, 0.3) is 0 Å². The normalized spacial score (nSPS) is 21.6. The summed E-state index contributed by atoms with van der Waals surface area (Å²) in [4.78, 5) is 22.3. The summed E-state index contributed by atoms with van der Waals surface area (Å²) in [6.07, 6.45) is 0. The molecule has 0 spiro atoms. The second kappa shape index (κ2) is 4.67. The Balaban J connectivity index is 2.39. The molecule has 0 radical (unpaired) electrons. The summed E-state index contributed by atoms with van der Waals surface area (Å²) in [6.45, 7) is -0.698. The minimum absolute atomic E-state index is 0.0310. The summed E-state index contributed by atoms with van der Waals surface area (Å²) in [6, 6.07) is 1.66. The van der Waals surface area contributed by atoms with Crippen LogP contribution in [0.2, 0.25) is 0 Å². The third kappa shape index (κ3) is 2.24. The van der Waals surface area contributed by atoms with Gasteiger partial charge in [0.1, 0.15) is 10.3 Å². The smallest absolute Gasteiger partial charge is 0.323 e. The maximum absolute atomic E-state index is 12.2. The number of sulfonamides is 1. The minimum Gasteiger partial charge on any atom is -0.480 e. The van der Waals surface area contributed by atoms with Crippen LogP contribution in [-0.2, 0) is 19.6 Å². The number of nitrogens with zero attached hydrogens (tertiary/aromatic N) is 1. The molecule has 0 aliphatic carbocycles. The van der Waals surface area contributed by atoms with E-state index < -0.39 is 34.5 Å². The van der Waals surface area contributed by atoms with Gasteiger partial charge in [0.05, 0.1) is 6.54 Å². The molecule has 0 bridgehead atoms. The molecule has 2 heterocycles. The fourth-order valence-corrected chi connectivity index (χ4v) is 4.27. The zero-order valence-electron chi connectivity index (χ0n) is 9.07. The lowest BCUT2D eigenvalue weighted by Crippen LogP contribution is -2.59. The summed E-state index contributed by atoms with van der Waals surface area (Å²) in [5.41, 5.74) is 0. The Morgan fingerprint density at radius 1 is 1.56 bits per heavy atom. The molecule has 2 rings (SSSR count). The maximum atomic E-state index is 12.2. The van der Waals surface area contributed by atoms with Crippen molar-refractivity contribution in [2.75, 3.05) is 13.1 Å². The number of carbonyl (C=O) groups is 2. The zero-order chi connectivity index (χ0) is 13.3. The fourth-order valence-electron chi connectivity index (χ4n) is 1.61. The van der Waals surface area contributed by atoms with E-state index in [0.29, 0.717) is 0 Å². The van der Waals surface area contributed by atoms with Gasteiger partial charge in [0, 0.05) is 6.54 Å². The number of hydrogen-bond donors (Lipinski definition) is 2. The van der Waals surface area contributed by atoms with Gasteiger partial charge in [0.2, 0.25) is 5.91 Å². The second-order valence-corrected chi connectivity index (χ2v) is 6.71. The molecule has 1 aromatic heterocycles. The highest BCUT2D eigenvalue weighted by molar-refractivity contribution is 7.91. The van der Waals surface area contributed by atoms with Gasteiger partial charge in [-0.05, 0) is 11.4 Å². The molecule has 98 valence electrons. The van der Waals surface area contributed by atoms with Gasteiger partial charge in [-0.2, -0.15) is 4.31 Å². The Labute approximate surface area is 107 Å². The van der Waals surface area contributed by atoms with Crippen molar-refractivity contribution >= 4 is 33.2 Å². The van der Waals surface area contributed by atoms with Crippen LogP contribution in [0.3, 0.4) is 0 Å². The number of carboxylic acid groups (broad SMARTS) is 1. The summed E-state index contributed by atoms with van der Waals surface area (Å²) in [7, 11) is -3.94. The monoisotopic (exact) mass is 290 g/mol. The van der Waals surface area contributed by atoms with Gasteiger partial charge in [0.15, 0.2) is 0 Å². The first kappa shape index (κ1) is 13.0. The number of carbonyl (C=O) groups excluding carboxylic acids is 1. The molecule has 18 heavy (non-hydrogen) atoms. The molecule has 7 nitrogen and oxygen atoms in total. The van der Waals surface area contributed by atoms with Crippen molar-refractivity contribution in [3.05, 3.63) is 17.5 Å². The first-order valence-electron chi connectivity index (χ1n) is 4.98. The molecule has 9 heteroatoms. The predicted octanol–water partition coefficient (Wildman–Crippen LogP) is -0.678. The van der Waals surface area contributed by atoms with E-state index in [1.54, 1.807) is 11.4 Å². The van der Waals surface area contributed by atoms with E-state index in [4.69, 9.17) is 5.11 Å². The van der Waals surface area contributed by atoms with Gasteiger partial charge in [-0.15, -0.1) is 11.3 Å². The summed E-state index contributed by atoms with van der Waals surface area (Å²) >= 11 is 0.984. The van der Waals surface area contributed by atoms with Crippen molar-refractivity contribution in [3.8, 4) is 0 Å². The van der Waals surface area contributed by atoms with E-state index in [0.717, 1.165) is 15.6 Å². The third-order valence-corrected chi connectivity index (χ3v) is 5.71. The van der Waals surface area contributed by atoms with E-state index in [1.165, 1.54) is 6.07 Å². The van der Waals surface area contributed by atoms with Gasteiger partial charge in [-0.25, -0.2) is 8.42 Å². The quantitative estimate of drug-likeness (QED) is 0.767. The average Bonchev–Trinajstić information content (AvgIpc) is 2.82. The van der Waals surface area contributed by atoms with Crippen LogP contribution >= 0.6 is 11.3 Å². The molecule has 1 saturated heterocycles. The lowest BCUT2D eigenvalue weighted by Gasteiger charge is -2.31. The fraction of sp³-hybridized carbons (Fsp3) is 0.333. The van der Waals surface area contributed by atoms with E-state index in [-0.39, 0.29) is 10.8 Å². The van der Waals surface area contributed by atoms with Crippen LogP contribution < -0.4 is 5.32 Å². The third-order valence-electron chi connectivity index (χ3n) is 2.48. The lowest BCUT2D eigenvalue weighted by atomic mass is 10.2. The Kier molecular flexibility index (Phi) is 3.37. The van der Waals surface area contributed by atoms with Crippen LogP contribution in [0.15, 0.2) is 21.7 Å². The van der Waals surface area contributed by atoms with E-state index in [1.807, 2.05) is 0 Å². The van der Waals surface area contributed by atoms with Crippen molar-refractivity contribution in [2.24, 2.45) is 0 Å². The molecule has 0 saturated carbocycles. The molecule has 1 atom stereocenters. The number of carboxylic acids is 1. The lowest BCUT2D eigenvalue weighted by molar-refractivity contribution is -0.143. The number of rotatable bonds is 3. The highest BCUT2D eigenvalue weighted by atomic mass is 32.2. The van der Waals surface area contributed by atoms with Gasteiger partial charge in [0.25, 0.3) is 10.0 Å². The standard InChI is InChI=1S/C9H10N2O5S2/c12-7-5-11(6(4-10-7)9(13)14)18(15,16)8-2-1-3-17-8/h1-3,6H,4-5H2,(H,10,12)(H,13,14). The molecule has 1 aromatic rings. The van der Waals surface area contributed by atoms with Crippen LogP contribution in [0.4, 0.5) is 0 Å². The van der Waals surface area contributed by atoms with Crippen LogP contribution in [-0.4, -0.2) is 48.8 Å². The number of amides is 1. The van der Waals surface area contributed by atoms with Crippen molar-refractivity contribution in [3.63, 3.8) is 0 Å². The molecule has 1 aliphatic rings. The van der Waals surface area contributed by atoms with Gasteiger partial charge < -0.3 is 10.4 Å². The maximum Gasteiger partial charge on any atom is 0.323 e. The van der Waals surface area contributed by atoms with E-state index >= 15 is 0 Å². The molecule has 1 fully saturated rings. The summed E-state index contributed by atoms with van der Waals surface area (Å²) in [5, 5.41) is 12.9. The number of piperazine rings is 1. The number of aliphatic carboxylic acids is 1. The van der Waals surface area contributed by atoms with Crippen LogP contribution in [0, 0.1) is 0 Å².